The predicted molar refractivity (Wildman–Crippen MR) is 118 cm³/mol. The van der Waals surface area contributed by atoms with E-state index < -0.39 is 0 Å². The lowest BCUT2D eigenvalue weighted by atomic mass is 9.92. The summed E-state index contributed by atoms with van der Waals surface area (Å²) in [5.74, 6) is 0.0102. The highest BCUT2D eigenvalue weighted by Crippen LogP contribution is 2.54. The van der Waals surface area contributed by atoms with Crippen LogP contribution in [0.25, 0.3) is 10.2 Å². The third kappa shape index (κ3) is 3.81. The minimum atomic E-state index is -0.230. The SMILES string of the molecule is CC(=O)Nc1cc(C(=O)NC2CC23CCN(C(=O)c2cc4sccc4[nH]2)CC3)ccn1. The Bertz CT molecular complexity index is 1150. The van der Waals surface area contributed by atoms with E-state index >= 15 is 0 Å². The lowest BCUT2D eigenvalue weighted by Gasteiger charge is -2.32. The van der Waals surface area contributed by atoms with E-state index in [0.717, 1.165) is 29.5 Å². The van der Waals surface area contributed by atoms with Crippen LogP contribution in [0.1, 0.15) is 47.0 Å². The van der Waals surface area contributed by atoms with Crippen molar-refractivity contribution >= 4 is 45.1 Å². The van der Waals surface area contributed by atoms with Gasteiger partial charge in [-0.2, -0.15) is 0 Å². The average molecular weight is 438 g/mol. The van der Waals surface area contributed by atoms with Gasteiger partial charge in [0.05, 0.1) is 10.2 Å². The van der Waals surface area contributed by atoms with Gasteiger partial charge in [0.25, 0.3) is 11.8 Å². The summed E-state index contributed by atoms with van der Waals surface area (Å²) in [7, 11) is 0. The number of piperidine rings is 1. The van der Waals surface area contributed by atoms with E-state index in [9.17, 15) is 14.4 Å². The van der Waals surface area contributed by atoms with Crippen LogP contribution >= 0.6 is 11.3 Å². The summed E-state index contributed by atoms with van der Waals surface area (Å²) < 4.78 is 1.10. The molecule has 3 aromatic heterocycles. The molecule has 0 aromatic carbocycles. The van der Waals surface area contributed by atoms with E-state index in [1.54, 1.807) is 23.5 Å². The van der Waals surface area contributed by atoms with Crippen LogP contribution in [0.3, 0.4) is 0 Å². The standard InChI is InChI=1S/C22H23N5O3S/c1-13(28)24-19-10-14(2-6-23-19)20(29)26-18-12-22(18)4-7-27(8-5-22)21(30)16-11-17-15(25-16)3-9-31-17/h2-3,6,9-11,18,25H,4-5,7-8,12H2,1H3,(H,26,29)(H,23,24,28). The zero-order valence-corrected chi connectivity index (χ0v) is 17.9. The maximum Gasteiger partial charge on any atom is 0.270 e. The number of aromatic nitrogens is 2. The third-order valence-electron chi connectivity index (χ3n) is 6.34. The number of likely N-dealkylation sites (tertiary alicyclic amines) is 1. The highest BCUT2D eigenvalue weighted by molar-refractivity contribution is 7.17. The molecule has 8 nitrogen and oxygen atoms in total. The fraction of sp³-hybridized carbons (Fsp3) is 0.364. The molecular formula is C22H23N5O3S. The Morgan fingerprint density at radius 3 is 2.77 bits per heavy atom. The monoisotopic (exact) mass is 437 g/mol. The molecule has 1 saturated carbocycles. The third-order valence-corrected chi connectivity index (χ3v) is 7.20. The first-order valence-electron chi connectivity index (χ1n) is 10.3. The second-order valence-corrected chi connectivity index (χ2v) is 9.32. The number of aromatic amines is 1. The van der Waals surface area contributed by atoms with Gasteiger partial charge in [0.1, 0.15) is 11.5 Å². The zero-order valence-electron chi connectivity index (χ0n) is 17.1. The lowest BCUT2D eigenvalue weighted by molar-refractivity contribution is -0.114. The van der Waals surface area contributed by atoms with E-state index in [1.807, 2.05) is 22.4 Å². The van der Waals surface area contributed by atoms with Crippen molar-refractivity contribution < 1.29 is 14.4 Å². The number of amides is 3. The first-order valence-corrected chi connectivity index (χ1v) is 11.2. The molecule has 2 fully saturated rings. The van der Waals surface area contributed by atoms with Crippen molar-refractivity contribution in [3.8, 4) is 0 Å². The van der Waals surface area contributed by atoms with Gasteiger partial charge in [-0.1, -0.05) is 0 Å². The van der Waals surface area contributed by atoms with Crippen LogP contribution in [-0.4, -0.2) is 51.7 Å². The number of anilines is 1. The molecule has 0 radical (unpaired) electrons. The zero-order chi connectivity index (χ0) is 21.6. The van der Waals surface area contributed by atoms with Crippen molar-refractivity contribution in [2.45, 2.75) is 32.2 Å². The van der Waals surface area contributed by atoms with Gasteiger partial charge in [0.2, 0.25) is 5.91 Å². The van der Waals surface area contributed by atoms with Gasteiger partial charge in [-0.25, -0.2) is 4.98 Å². The smallest absolute Gasteiger partial charge is 0.270 e. The number of hydrogen-bond donors (Lipinski definition) is 3. The maximum absolute atomic E-state index is 12.8. The molecule has 9 heteroatoms. The van der Waals surface area contributed by atoms with E-state index in [-0.39, 0.29) is 29.2 Å². The summed E-state index contributed by atoms with van der Waals surface area (Å²) in [5.41, 5.74) is 2.20. The maximum atomic E-state index is 12.8. The number of thiophene rings is 1. The van der Waals surface area contributed by atoms with Crippen molar-refractivity contribution in [2.24, 2.45) is 5.41 Å². The Kier molecular flexibility index (Phi) is 4.77. The van der Waals surface area contributed by atoms with Gasteiger partial charge in [-0.3, -0.25) is 14.4 Å². The van der Waals surface area contributed by atoms with Crippen molar-refractivity contribution in [1.29, 1.82) is 0 Å². The van der Waals surface area contributed by atoms with Gasteiger partial charge < -0.3 is 20.5 Å². The normalized spacial score (nSPS) is 19.4. The number of fused-ring (bicyclic) bond motifs is 1. The van der Waals surface area contributed by atoms with Crippen LogP contribution in [0.15, 0.2) is 35.8 Å². The van der Waals surface area contributed by atoms with Crippen molar-refractivity contribution in [1.82, 2.24) is 20.2 Å². The molecule has 2 aliphatic rings. The van der Waals surface area contributed by atoms with Crippen LogP contribution in [0.4, 0.5) is 5.82 Å². The summed E-state index contributed by atoms with van der Waals surface area (Å²) in [6.45, 7) is 2.79. The number of carbonyl (C=O) groups excluding carboxylic acids is 3. The molecule has 1 saturated heterocycles. The Hall–Kier alpha value is -3.20. The predicted octanol–water partition coefficient (Wildman–Crippen LogP) is 3.01. The molecule has 1 aliphatic carbocycles. The van der Waals surface area contributed by atoms with Gasteiger partial charge >= 0.3 is 0 Å². The molecule has 1 spiro atoms. The molecular weight excluding hydrogens is 414 g/mol. The van der Waals surface area contributed by atoms with Crippen LogP contribution in [-0.2, 0) is 4.79 Å². The van der Waals surface area contributed by atoms with E-state index in [4.69, 9.17) is 0 Å². The minimum absolute atomic E-state index is 0.0433. The van der Waals surface area contributed by atoms with Crippen LogP contribution in [0, 0.1) is 5.41 Å². The Labute approximate surface area is 183 Å². The number of carbonyl (C=O) groups is 3. The molecule has 1 atom stereocenters. The van der Waals surface area contributed by atoms with Crippen molar-refractivity contribution in [2.75, 3.05) is 18.4 Å². The molecule has 4 heterocycles. The van der Waals surface area contributed by atoms with Crippen LogP contribution in [0.2, 0.25) is 0 Å². The quantitative estimate of drug-likeness (QED) is 0.583. The highest BCUT2D eigenvalue weighted by Gasteiger charge is 2.56. The van der Waals surface area contributed by atoms with Crippen LogP contribution in [0.5, 0.6) is 0 Å². The molecule has 0 bridgehead atoms. The molecule has 3 aromatic rings. The minimum Gasteiger partial charge on any atom is -0.350 e. The summed E-state index contributed by atoms with van der Waals surface area (Å²) in [5, 5.41) is 7.71. The molecule has 3 amide bonds. The molecule has 1 unspecified atom stereocenters. The highest BCUT2D eigenvalue weighted by atomic mass is 32.1. The molecule has 31 heavy (non-hydrogen) atoms. The number of nitrogens with one attached hydrogen (secondary N) is 3. The van der Waals surface area contributed by atoms with Gasteiger partial charge in [0, 0.05) is 37.8 Å². The Balaban J connectivity index is 1.17. The summed E-state index contributed by atoms with van der Waals surface area (Å²) in [4.78, 5) is 45.9. The number of hydrogen-bond acceptors (Lipinski definition) is 5. The average Bonchev–Trinajstić information content (AvgIpc) is 3.06. The second kappa shape index (κ2) is 7.49. The lowest BCUT2D eigenvalue weighted by Crippen LogP contribution is -2.41. The van der Waals surface area contributed by atoms with E-state index in [0.29, 0.717) is 30.2 Å². The number of H-pyrrole nitrogens is 1. The molecule has 3 N–H and O–H groups in total. The summed E-state index contributed by atoms with van der Waals surface area (Å²) in [6.07, 6.45) is 4.21. The fourth-order valence-electron chi connectivity index (χ4n) is 4.46. The topological polar surface area (TPSA) is 107 Å². The fourth-order valence-corrected chi connectivity index (χ4v) is 5.24. The van der Waals surface area contributed by atoms with Gasteiger partial charge in [-0.15, -0.1) is 11.3 Å². The second-order valence-electron chi connectivity index (χ2n) is 8.38. The first kappa shape index (κ1) is 19.7. The molecule has 160 valence electrons. The van der Waals surface area contributed by atoms with E-state index in [2.05, 4.69) is 20.6 Å². The van der Waals surface area contributed by atoms with Crippen molar-refractivity contribution in [3.63, 3.8) is 0 Å². The Morgan fingerprint density at radius 1 is 1.23 bits per heavy atom. The largest absolute Gasteiger partial charge is 0.350 e. The molecule has 5 rings (SSSR count). The van der Waals surface area contributed by atoms with Crippen molar-refractivity contribution in [3.05, 3.63) is 47.1 Å². The number of nitrogens with zero attached hydrogens (tertiary/aromatic N) is 2. The van der Waals surface area contributed by atoms with E-state index in [1.165, 1.54) is 13.1 Å². The van der Waals surface area contributed by atoms with Gasteiger partial charge in [0.15, 0.2) is 0 Å². The first-order chi connectivity index (χ1) is 14.9. The van der Waals surface area contributed by atoms with Crippen LogP contribution < -0.4 is 10.6 Å². The summed E-state index contributed by atoms with van der Waals surface area (Å²) in [6, 6.07) is 7.25. The van der Waals surface area contributed by atoms with Gasteiger partial charge in [-0.05, 0) is 54.3 Å². The molecule has 1 aliphatic heterocycles. The Morgan fingerprint density at radius 2 is 2.03 bits per heavy atom. The summed E-state index contributed by atoms with van der Waals surface area (Å²) >= 11 is 1.62. The number of pyridine rings is 1. The number of rotatable bonds is 4.